The highest BCUT2D eigenvalue weighted by molar-refractivity contribution is 6.36. The number of amides is 2. The lowest BCUT2D eigenvalue weighted by Crippen LogP contribution is -2.42. The van der Waals surface area contributed by atoms with Gasteiger partial charge in [-0.3, -0.25) is 0 Å². The van der Waals surface area contributed by atoms with Crippen LogP contribution in [0.15, 0.2) is 18.2 Å². The van der Waals surface area contributed by atoms with Gasteiger partial charge in [0.1, 0.15) is 6.04 Å². The van der Waals surface area contributed by atoms with Crippen molar-refractivity contribution in [2.45, 2.75) is 25.8 Å². The van der Waals surface area contributed by atoms with E-state index in [0.29, 0.717) is 23.6 Å². The number of aliphatic carboxylic acids is 1. The van der Waals surface area contributed by atoms with Crippen molar-refractivity contribution in [3.05, 3.63) is 28.2 Å². The molecule has 1 aromatic carbocycles. The van der Waals surface area contributed by atoms with E-state index in [4.69, 9.17) is 28.3 Å². The normalized spacial score (nSPS) is 11.7. The lowest BCUT2D eigenvalue weighted by Gasteiger charge is -2.14. The first-order valence-electron chi connectivity index (χ1n) is 5.69. The fourth-order valence-corrected chi connectivity index (χ4v) is 1.91. The van der Waals surface area contributed by atoms with Crippen molar-refractivity contribution in [2.75, 3.05) is 5.32 Å². The molecule has 0 saturated carbocycles. The zero-order chi connectivity index (χ0) is 14.4. The Labute approximate surface area is 120 Å². The van der Waals surface area contributed by atoms with Crippen LogP contribution in [0, 0.1) is 0 Å². The molecule has 0 saturated heterocycles. The summed E-state index contributed by atoms with van der Waals surface area (Å²) in [5.74, 6) is -1.07. The van der Waals surface area contributed by atoms with Crippen LogP contribution in [0.2, 0.25) is 10.0 Å². The van der Waals surface area contributed by atoms with Gasteiger partial charge in [-0.05, 0) is 24.6 Å². The number of nitrogens with one attached hydrogen (secondary N) is 2. The van der Waals surface area contributed by atoms with Crippen molar-refractivity contribution in [1.29, 1.82) is 0 Å². The fraction of sp³-hybridized carbons (Fsp3) is 0.333. The van der Waals surface area contributed by atoms with Gasteiger partial charge in [0.25, 0.3) is 0 Å². The average Bonchev–Trinajstić information content (AvgIpc) is 2.32. The molecule has 0 aliphatic carbocycles. The molecule has 0 bridgehead atoms. The lowest BCUT2D eigenvalue weighted by molar-refractivity contribution is -0.139. The monoisotopic (exact) mass is 304 g/mol. The fourth-order valence-electron chi connectivity index (χ4n) is 1.45. The Morgan fingerprint density at radius 1 is 1.37 bits per heavy atom. The van der Waals surface area contributed by atoms with Crippen LogP contribution in [0.5, 0.6) is 0 Å². The second-order valence-corrected chi connectivity index (χ2v) is 4.75. The van der Waals surface area contributed by atoms with Gasteiger partial charge in [0, 0.05) is 5.02 Å². The largest absolute Gasteiger partial charge is 0.480 e. The van der Waals surface area contributed by atoms with Crippen LogP contribution < -0.4 is 10.6 Å². The van der Waals surface area contributed by atoms with Crippen LogP contribution in [-0.2, 0) is 4.79 Å². The van der Waals surface area contributed by atoms with Crippen molar-refractivity contribution in [3.63, 3.8) is 0 Å². The molecule has 0 spiro atoms. The standard InChI is InChI=1S/C12H14Cl2N2O3/c1-2-3-10(11(17)18)16-12(19)15-9-5-4-7(13)6-8(9)14/h4-6,10H,2-3H2,1H3,(H,17,18)(H2,15,16,19). The van der Waals surface area contributed by atoms with Crippen LogP contribution >= 0.6 is 23.2 Å². The SMILES string of the molecule is CCCC(NC(=O)Nc1ccc(Cl)cc1Cl)C(=O)O. The number of benzene rings is 1. The average molecular weight is 305 g/mol. The Balaban J connectivity index is 2.66. The third kappa shape index (κ3) is 4.96. The number of carbonyl (C=O) groups is 2. The topological polar surface area (TPSA) is 78.4 Å². The van der Waals surface area contributed by atoms with E-state index in [-0.39, 0.29) is 5.02 Å². The van der Waals surface area contributed by atoms with Gasteiger partial charge in [-0.25, -0.2) is 9.59 Å². The summed E-state index contributed by atoms with van der Waals surface area (Å²) in [6, 6.07) is 3.06. The molecule has 1 atom stereocenters. The Morgan fingerprint density at radius 3 is 2.58 bits per heavy atom. The summed E-state index contributed by atoms with van der Waals surface area (Å²) in [4.78, 5) is 22.6. The molecule has 1 rings (SSSR count). The molecule has 5 nitrogen and oxygen atoms in total. The number of halogens is 2. The lowest BCUT2D eigenvalue weighted by atomic mass is 10.2. The van der Waals surface area contributed by atoms with Gasteiger partial charge in [0.2, 0.25) is 0 Å². The zero-order valence-corrected chi connectivity index (χ0v) is 11.8. The van der Waals surface area contributed by atoms with Gasteiger partial charge in [-0.15, -0.1) is 0 Å². The maximum atomic E-state index is 11.7. The summed E-state index contributed by atoms with van der Waals surface area (Å²) < 4.78 is 0. The van der Waals surface area contributed by atoms with Crippen molar-refractivity contribution in [3.8, 4) is 0 Å². The second-order valence-electron chi connectivity index (χ2n) is 3.90. The van der Waals surface area contributed by atoms with Crippen LogP contribution in [0.4, 0.5) is 10.5 Å². The van der Waals surface area contributed by atoms with Gasteiger partial charge in [0.05, 0.1) is 10.7 Å². The van der Waals surface area contributed by atoms with E-state index in [9.17, 15) is 9.59 Å². The van der Waals surface area contributed by atoms with Crippen LogP contribution in [-0.4, -0.2) is 23.1 Å². The molecule has 19 heavy (non-hydrogen) atoms. The molecule has 0 fully saturated rings. The van der Waals surface area contributed by atoms with E-state index in [1.165, 1.54) is 6.07 Å². The summed E-state index contributed by atoms with van der Waals surface area (Å²) in [5.41, 5.74) is 0.365. The van der Waals surface area contributed by atoms with Gasteiger partial charge in [-0.2, -0.15) is 0 Å². The quantitative estimate of drug-likeness (QED) is 0.780. The molecule has 0 radical (unpaired) electrons. The maximum Gasteiger partial charge on any atom is 0.326 e. The number of hydrogen-bond acceptors (Lipinski definition) is 2. The maximum absolute atomic E-state index is 11.7. The Bertz CT molecular complexity index is 480. The minimum atomic E-state index is -1.07. The number of rotatable bonds is 5. The molecule has 1 aromatic rings. The van der Waals surface area contributed by atoms with E-state index in [2.05, 4.69) is 10.6 Å². The number of anilines is 1. The Hall–Kier alpha value is -1.46. The number of urea groups is 1. The first kappa shape index (κ1) is 15.6. The Morgan fingerprint density at radius 2 is 2.05 bits per heavy atom. The molecule has 3 N–H and O–H groups in total. The predicted octanol–water partition coefficient (Wildman–Crippen LogP) is 3.37. The van der Waals surface area contributed by atoms with Crippen molar-refractivity contribution in [2.24, 2.45) is 0 Å². The number of carboxylic acid groups (broad SMARTS) is 1. The Kier molecular flexibility index (Phi) is 5.92. The van der Waals surface area contributed by atoms with E-state index < -0.39 is 18.0 Å². The summed E-state index contributed by atoms with van der Waals surface area (Å²) in [6.07, 6.45) is 1.01. The molecule has 1 unspecified atom stereocenters. The number of carbonyl (C=O) groups excluding carboxylic acids is 1. The zero-order valence-electron chi connectivity index (χ0n) is 10.2. The minimum absolute atomic E-state index is 0.282. The highest BCUT2D eigenvalue weighted by Crippen LogP contribution is 2.25. The predicted molar refractivity (Wildman–Crippen MR) is 74.9 cm³/mol. The van der Waals surface area contributed by atoms with Crippen molar-refractivity contribution < 1.29 is 14.7 Å². The molecule has 104 valence electrons. The highest BCUT2D eigenvalue weighted by atomic mass is 35.5. The van der Waals surface area contributed by atoms with Crippen molar-refractivity contribution in [1.82, 2.24) is 5.32 Å². The third-order valence-corrected chi connectivity index (χ3v) is 2.91. The summed E-state index contributed by atoms with van der Waals surface area (Å²) in [7, 11) is 0. The molecule has 0 aliphatic rings. The van der Waals surface area contributed by atoms with Gasteiger partial charge < -0.3 is 15.7 Å². The van der Waals surface area contributed by atoms with Gasteiger partial charge in [0.15, 0.2) is 0 Å². The molecule has 2 amide bonds. The second kappa shape index (κ2) is 7.21. The molecule has 0 heterocycles. The van der Waals surface area contributed by atoms with Crippen LogP contribution in [0.3, 0.4) is 0 Å². The van der Waals surface area contributed by atoms with Crippen molar-refractivity contribution >= 4 is 40.9 Å². The van der Waals surface area contributed by atoms with E-state index >= 15 is 0 Å². The molecular weight excluding hydrogens is 291 g/mol. The first-order valence-corrected chi connectivity index (χ1v) is 6.45. The van der Waals surface area contributed by atoms with Crippen LogP contribution in [0.25, 0.3) is 0 Å². The molecule has 7 heteroatoms. The van der Waals surface area contributed by atoms with Gasteiger partial charge >= 0.3 is 12.0 Å². The minimum Gasteiger partial charge on any atom is -0.480 e. The molecular formula is C12H14Cl2N2O3. The molecule has 0 aromatic heterocycles. The summed E-state index contributed by atoms with van der Waals surface area (Å²) in [6.45, 7) is 1.84. The van der Waals surface area contributed by atoms with Gasteiger partial charge in [-0.1, -0.05) is 36.5 Å². The first-order chi connectivity index (χ1) is 8.93. The number of hydrogen-bond donors (Lipinski definition) is 3. The third-order valence-electron chi connectivity index (χ3n) is 2.36. The highest BCUT2D eigenvalue weighted by Gasteiger charge is 2.19. The summed E-state index contributed by atoms with van der Waals surface area (Å²) in [5, 5.41) is 14.5. The van der Waals surface area contributed by atoms with E-state index in [1.54, 1.807) is 12.1 Å². The van der Waals surface area contributed by atoms with E-state index in [1.807, 2.05) is 6.92 Å². The molecule has 0 aliphatic heterocycles. The van der Waals surface area contributed by atoms with Crippen LogP contribution in [0.1, 0.15) is 19.8 Å². The smallest absolute Gasteiger partial charge is 0.326 e. The van der Waals surface area contributed by atoms with E-state index in [0.717, 1.165) is 0 Å². The summed E-state index contributed by atoms with van der Waals surface area (Å²) >= 11 is 11.6. The number of carboxylic acids is 1.